The predicted octanol–water partition coefficient (Wildman–Crippen LogP) is 1.83. The van der Waals surface area contributed by atoms with E-state index in [-0.39, 0.29) is 16.2 Å². The number of rotatable bonds is 4. The van der Waals surface area contributed by atoms with Crippen molar-refractivity contribution >= 4 is 15.7 Å². The SMILES string of the molecule is Cc1ccc(S(=O)(=O)N/N=C2/C3CN4CCN(C3)CC2(c2ccccc2)C4)cc1. The number of hydrogen-bond acceptors (Lipinski definition) is 5. The average molecular weight is 411 g/mol. The fraction of sp³-hybridized carbons (Fsp3) is 0.409. The van der Waals surface area contributed by atoms with Crippen molar-refractivity contribution < 1.29 is 8.42 Å². The summed E-state index contributed by atoms with van der Waals surface area (Å²) in [4.78, 5) is 7.83. The van der Waals surface area contributed by atoms with Crippen molar-refractivity contribution in [1.29, 1.82) is 0 Å². The molecule has 4 heterocycles. The van der Waals surface area contributed by atoms with Crippen LogP contribution in [0.2, 0.25) is 0 Å². The van der Waals surface area contributed by atoms with Crippen molar-refractivity contribution in [3.63, 3.8) is 0 Å². The Labute approximate surface area is 172 Å². The van der Waals surface area contributed by atoms with E-state index in [1.54, 1.807) is 24.3 Å². The van der Waals surface area contributed by atoms with Crippen LogP contribution in [0.3, 0.4) is 0 Å². The highest BCUT2D eigenvalue weighted by Gasteiger charge is 2.53. The van der Waals surface area contributed by atoms with Crippen LogP contribution in [0, 0.1) is 12.8 Å². The highest BCUT2D eigenvalue weighted by molar-refractivity contribution is 7.89. The molecule has 4 fully saturated rings. The van der Waals surface area contributed by atoms with Gasteiger partial charge in [-0.3, -0.25) is 0 Å². The zero-order chi connectivity index (χ0) is 20.1. The fourth-order valence-corrected chi connectivity index (χ4v) is 5.96. The summed E-state index contributed by atoms with van der Waals surface area (Å²) in [6.07, 6.45) is 0. The number of hydrazone groups is 1. The van der Waals surface area contributed by atoms with E-state index in [1.807, 2.05) is 13.0 Å². The van der Waals surface area contributed by atoms with Gasteiger partial charge in [-0.05, 0) is 24.6 Å². The Hall–Kier alpha value is -2.22. The van der Waals surface area contributed by atoms with Crippen LogP contribution in [0.5, 0.6) is 0 Å². The molecule has 0 aliphatic carbocycles. The summed E-state index contributed by atoms with van der Waals surface area (Å²) >= 11 is 0. The zero-order valence-corrected chi connectivity index (χ0v) is 17.4. The Kier molecular flexibility index (Phi) is 4.49. The maximum Gasteiger partial charge on any atom is 0.276 e. The standard InChI is InChI=1S/C22H26N4O2S/c1-17-7-9-20(10-8-17)29(27,28)24-23-21-18-13-25-11-12-26(14-18)16-22(21,15-25)19-5-3-2-4-6-19/h2-10,18,24H,11-16H2,1H3/b23-21-. The molecule has 152 valence electrons. The number of nitrogens with zero attached hydrogens (tertiary/aromatic N) is 3. The minimum Gasteiger partial charge on any atom is -0.300 e. The molecule has 0 amide bonds. The van der Waals surface area contributed by atoms with Crippen LogP contribution < -0.4 is 4.83 Å². The molecular weight excluding hydrogens is 384 g/mol. The number of fused-ring (bicyclic) bond motifs is 1. The molecule has 29 heavy (non-hydrogen) atoms. The highest BCUT2D eigenvalue weighted by atomic mass is 32.2. The van der Waals surface area contributed by atoms with Gasteiger partial charge in [-0.2, -0.15) is 13.5 Å². The van der Waals surface area contributed by atoms with E-state index in [4.69, 9.17) is 0 Å². The molecule has 0 aromatic heterocycles. The van der Waals surface area contributed by atoms with Crippen LogP contribution in [0.4, 0.5) is 0 Å². The molecule has 4 aliphatic heterocycles. The van der Waals surface area contributed by atoms with E-state index in [0.29, 0.717) is 0 Å². The highest BCUT2D eigenvalue weighted by Crippen LogP contribution is 2.41. The van der Waals surface area contributed by atoms with Crippen LogP contribution in [0.1, 0.15) is 11.1 Å². The minimum atomic E-state index is -3.69. The second-order valence-electron chi connectivity index (χ2n) is 8.52. The number of piperidine rings is 2. The molecule has 2 aromatic carbocycles. The molecule has 2 atom stereocenters. The largest absolute Gasteiger partial charge is 0.300 e. The number of hydrogen-bond donors (Lipinski definition) is 1. The van der Waals surface area contributed by atoms with Gasteiger partial charge in [0.25, 0.3) is 10.0 Å². The molecule has 1 N–H and O–H groups in total. The van der Waals surface area contributed by atoms with Gasteiger partial charge >= 0.3 is 0 Å². The molecule has 0 saturated carbocycles. The third-order valence-electron chi connectivity index (χ3n) is 6.50. The van der Waals surface area contributed by atoms with Crippen LogP contribution >= 0.6 is 0 Å². The monoisotopic (exact) mass is 410 g/mol. The summed E-state index contributed by atoms with van der Waals surface area (Å²) in [7, 11) is -3.69. The number of benzene rings is 2. The quantitative estimate of drug-likeness (QED) is 0.781. The van der Waals surface area contributed by atoms with Gasteiger partial charge in [0.15, 0.2) is 0 Å². The van der Waals surface area contributed by atoms with Gasteiger partial charge in [-0.25, -0.2) is 4.83 Å². The average Bonchev–Trinajstić information content (AvgIpc) is 2.96. The molecule has 4 aliphatic rings. The van der Waals surface area contributed by atoms with Gasteiger partial charge in [-0.15, -0.1) is 0 Å². The normalized spacial score (nSPS) is 32.3. The van der Waals surface area contributed by atoms with Gasteiger partial charge in [0, 0.05) is 45.2 Å². The molecule has 6 nitrogen and oxygen atoms in total. The Bertz CT molecular complexity index is 1020. The lowest BCUT2D eigenvalue weighted by molar-refractivity contribution is 0.163. The Morgan fingerprint density at radius 1 is 0.966 bits per heavy atom. The molecule has 2 unspecified atom stereocenters. The van der Waals surface area contributed by atoms with Gasteiger partial charge < -0.3 is 9.80 Å². The Morgan fingerprint density at radius 2 is 1.59 bits per heavy atom. The van der Waals surface area contributed by atoms with Gasteiger partial charge in [0.1, 0.15) is 0 Å². The summed E-state index contributed by atoms with van der Waals surface area (Å²) in [5.74, 6) is 0.237. The van der Waals surface area contributed by atoms with Crippen molar-refractivity contribution in [2.45, 2.75) is 17.2 Å². The topological polar surface area (TPSA) is 65.0 Å². The second kappa shape index (κ2) is 6.93. The summed E-state index contributed by atoms with van der Waals surface area (Å²) in [6, 6.07) is 17.3. The molecule has 6 rings (SSSR count). The molecule has 4 saturated heterocycles. The maximum atomic E-state index is 12.8. The van der Waals surface area contributed by atoms with Crippen molar-refractivity contribution in [2.75, 3.05) is 39.3 Å². The van der Waals surface area contributed by atoms with E-state index in [2.05, 4.69) is 44.0 Å². The van der Waals surface area contributed by atoms with Gasteiger partial charge in [0.05, 0.1) is 16.0 Å². The molecule has 7 heteroatoms. The fourth-order valence-electron chi connectivity index (χ4n) is 5.14. The third kappa shape index (κ3) is 3.27. The van der Waals surface area contributed by atoms with Gasteiger partial charge in [-0.1, -0.05) is 48.0 Å². The lowest BCUT2D eigenvalue weighted by atomic mass is 9.66. The van der Waals surface area contributed by atoms with E-state index < -0.39 is 10.0 Å². The molecule has 4 bridgehead atoms. The van der Waals surface area contributed by atoms with Crippen molar-refractivity contribution in [3.8, 4) is 0 Å². The van der Waals surface area contributed by atoms with E-state index in [9.17, 15) is 8.42 Å². The maximum absolute atomic E-state index is 12.8. The van der Waals surface area contributed by atoms with Crippen LogP contribution in [0.25, 0.3) is 0 Å². The molecule has 2 aromatic rings. The Morgan fingerprint density at radius 3 is 2.21 bits per heavy atom. The summed E-state index contributed by atoms with van der Waals surface area (Å²) in [6.45, 7) is 7.72. The first-order chi connectivity index (χ1) is 14.0. The smallest absolute Gasteiger partial charge is 0.276 e. The lowest BCUT2D eigenvalue weighted by Crippen LogP contribution is -2.64. The summed E-state index contributed by atoms with van der Waals surface area (Å²) < 4.78 is 25.7. The lowest BCUT2D eigenvalue weighted by Gasteiger charge is -2.50. The second-order valence-corrected chi connectivity index (χ2v) is 10.2. The van der Waals surface area contributed by atoms with E-state index >= 15 is 0 Å². The zero-order valence-electron chi connectivity index (χ0n) is 16.6. The molecular formula is C22H26N4O2S. The summed E-state index contributed by atoms with van der Waals surface area (Å²) in [5, 5.41) is 4.61. The first-order valence-electron chi connectivity index (χ1n) is 10.1. The van der Waals surface area contributed by atoms with Crippen molar-refractivity contribution in [2.24, 2.45) is 11.0 Å². The first-order valence-corrected chi connectivity index (χ1v) is 11.6. The van der Waals surface area contributed by atoms with Crippen molar-refractivity contribution in [3.05, 3.63) is 65.7 Å². The minimum absolute atomic E-state index is 0.237. The van der Waals surface area contributed by atoms with E-state index in [0.717, 1.165) is 50.5 Å². The van der Waals surface area contributed by atoms with Gasteiger partial charge in [0.2, 0.25) is 0 Å². The number of nitrogens with one attached hydrogen (secondary N) is 1. The first kappa shape index (κ1) is 18.8. The van der Waals surface area contributed by atoms with Crippen LogP contribution in [-0.2, 0) is 15.4 Å². The Balaban J connectivity index is 1.55. The van der Waals surface area contributed by atoms with Crippen molar-refractivity contribution in [1.82, 2.24) is 14.6 Å². The summed E-state index contributed by atoms with van der Waals surface area (Å²) in [5.41, 5.74) is 2.95. The third-order valence-corrected chi connectivity index (χ3v) is 7.72. The number of aryl methyl sites for hydroxylation is 1. The number of sulfonamides is 1. The molecule has 0 radical (unpaired) electrons. The van der Waals surface area contributed by atoms with Crippen LogP contribution in [-0.4, -0.2) is 63.2 Å². The molecule has 0 spiro atoms. The van der Waals surface area contributed by atoms with E-state index in [1.165, 1.54) is 5.56 Å². The predicted molar refractivity (Wildman–Crippen MR) is 113 cm³/mol. The van der Waals surface area contributed by atoms with Crippen LogP contribution in [0.15, 0.2) is 64.6 Å².